The van der Waals surface area contributed by atoms with Crippen molar-refractivity contribution in [3.63, 3.8) is 0 Å². The summed E-state index contributed by atoms with van der Waals surface area (Å²) in [5, 5.41) is 1.77. The van der Waals surface area contributed by atoms with E-state index >= 15 is 0 Å². The van der Waals surface area contributed by atoms with Crippen LogP contribution >= 0.6 is 11.3 Å². The minimum atomic E-state index is -0.0609. The zero-order valence-corrected chi connectivity index (χ0v) is 10.5. The molecule has 4 nitrogen and oxygen atoms in total. The fourth-order valence-electron chi connectivity index (χ4n) is 1.99. The van der Waals surface area contributed by atoms with Gasteiger partial charge < -0.3 is 9.64 Å². The molecule has 0 fully saturated rings. The number of thiazole rings is 1. The number of rotatable bonds is 1. The number of anilines is 1. The van der Waals surface area contributed by atoms with E-state index < -0.39 is 0 Å². The molecule has 1 aromatic carbocycles. The van der Waals surface area contributed by atoms with Crippen LogP contribution in [0.5, 0.6) is 5.75 Å². The lowest BCUT2D eigenvalue weighted by atomic mass is 10.2. The number of carbonyl (C=O) groups excluding carboxylic acids is 1. The van der Waals surface area contributed by atoms with Gasteiger partial charge in [0.15, 0.2) is 0 Å². The van der Waals surface area contributed by atoms with Gasteiger partial charge in [-0.3, -0.25) is 4.79 Å². The molecule has 92 valence electrons. The van der Waals surface area contributed by atoms with E-state index in [9.17, 15) is 4.79 Å². The molecule has 1 amide bonds. The summed E-state index contributed by atoms with van der Waals surface area (Å²) in [5.74, 6) is 0.702. The predicted molar refractivity (Wildman–Crippen MR) is 70.3 cm³/mol. The number of nitrogens with zero attached hydrogens (tertiary/aromatic N) is 2. The first-order chi connectivity index (χ1) is 8.86. The first-order valence-electron chi connectivity index (χ1n) is 5.78. The highest BCUT2D eigenvalue weighted by Crippen LogP contribution is 2.31. The van der Waals surface area contributed by atoms with Gasteiger partial charge >= 0.3 is 0 Å². The third-order valence-corrected chi connectivity index (χ3v) is 3.42. The van der Waals surface area contributed by atoms with Crippen molar-refractivity contribution >= 4 is 22.9 Å². The van der Waals surface area contributed by atoms with Gasteiger partial charge in [0.2, 0.25) is 0 Å². The Morgan fingerprint density at radius 2 is 2.28 bits per heavy atom. The normalized spacial score (nSPS) is 14.6. The molecule has 0 saturated carbocycles. The second-order valence-corrected chi connectivity index (χ2v) is 4.72. The van der Waals surface area contributed by atoms with Crippen LogP contribution in [0.15, 0.2) is 35.2 Å². The molecule has 0 bridgehead atoms. The van der Waals surface area contributed by atoms with E-state index in [0.717, 1.165) is 17.9 Å². The summed E-state index contributed by atoms with van der Waals surface area (Å²) >= 11 is 1.43. The van der Waals surface area contributed by atoms with Gasteiger partial charge in [-0.1, -0.05) is 12.1 Å². The van der Waals surface area contributed by atoms with Crippen molar-refractivity contribution in [1.29, 1.82) is 0 Å². The van der Waals surface area contributed by atoms with Crippen molar-refractivity contribution in [2.75, 3.05) is 18.1 Å². The van der Waals surface area contributed by atoms with Gasteiger partial charge in [0, 0.05) is 11.9 Å². The summed E-state index contributed by atoms with van der Waals surface area (Å²) in [6.07, 6.45) is 0.824. The van der Waals surface area contributed by atoms with E-state index in [2.05, 4.69) is 4.98 Å². The van der Waals surface area contributed by atoms with Crippen molar-refractivity contribution < 1.29 is 9.53 Å². The number of benzene rings is 1. The SMILES string of the molecule is O=C(c1cscn1)N1CCCOc2ccccc21. The number of amides is 1. The van der Waals surface area contributed by atoms with Gasteiger partial charge in [0.05, 0.1) is 17.8 Å². The summed E-state index contributed by atoms with van der Waals surface area (Å²) in [4.78, 5) is 18.2. The molecule has 0 unspecified atom stereocenters. The minimum Gasteiger partial charge on any atom is -0.491 e. The molecule has 0 saturated heterocycles. The van der Waals surface area contributed by atoms with Crippen molar-refractivity contribution in [2.24, 2.45) is 0 Å². The highest BCUT2D eigenvalue weighted by molar-refractivity contribution is 7.07. The van der Waals surface area contributed by atoms with Crippen LogP contribution in [-0.4, -0.2) is 24.0 Å². The van der Waals surface area contributed by atoms with Crippen molar-refractivity contribution in [1.82, 2.24) is 4.98 Å². The Morgan fingerprint density at radius 3 is 3.11 bits per heavy atom. The highest BCUT2D eigenvalue weighted by Gasteiger charge is 2.23. The number of carbonyl (C=O) groups is 1. The topological polar surface area (TPSA) is 42.4 Å². The number of fused-ring (bicyclic) bond motifs is 1. The van der Waals surface area contributed by atoms with Crippen LogP contribution in [0.3, 0.4) is 0 Å². The maximum Gasteiger partial charge on any atom is 0.277 e. The third kappa shape index (κ3) is 1.97. The Kier molecular flexibility index (Phi) is 2.98. The van der Waals surface area contributed by atoms with Crippen molar-refractivity contribution in [2.45, 2.75) is 6.42 Å². The van der Waals surface area contributed by atoms with Gasteiger partial charge in [0.25, 0.3) is 5.91 Å². The average Bonchev–Trinajstić information content (AvgIpc) is 2.85. The molecule has 0 aliphatic carbocycles. The second-order valence-electron chi connectivity index (χ2n) is 4.00. The lowest BCUT2D eigenvalue weighted by Gasteiger charge is -2.20. The van der Waals surface area contributed by atoms with Crippen LogP contribution in [-0.2, 0) is 0 Å². The van der Waals surface area contributed by atoms with Crippen LogP contribution in [0, 0.1) is 0 Å². The molecular formula is C13H12N2O2S. The molecule has 0 spiro atoms. The fraction of sp³-hybridized carbons (Fsp3) is 0.231. The van der Waals surface area contributed by atoms with E-state index in [1.165, 1.54) is 11.3 Å². The van der Waals surface area contributed by atoms with Gasteiger partial charge in [-0.15, -0.1) is 11.3 Å². The van der Waals surface area contributed by atoms with Crippen LogP contribution in [0.2, 0.25) is 0 Å². The standard InChI is InChI=1S/C13H12N2O2S/c16-13(10-8-18-9-14-10)15-6-3-7-17-12-5-2-1-4-11(12)15/h1-2,4-5,8-9H,3,6-7H2. The monoisotopic (exact) mass is 260 g/mol. The summed E-state index contributed by atoms with van der Waals surface area (Å²) in [5.41, 5.74) is 3.00. The summed E-state index contributed by atoms with van der Waals surface area (Å²) in [6.45, 7) is 1.30. The Balaban J connectivity index is 1.99. The molecule has 18 heavy (non-hydrogen) atoms. The van der Waals surface area contributed by atoms with Crippen LogP contribution < -0.4 is 9.64 Å². The molecule has 5 heteroatoms. The number of aromatic nitrogens is 1. The van der Waals surface area contributed by atoms with Gasteiger partial charge in [-0.2, -0.15) is 0 Å². The Hall–Kier alpha value is -1.88. The number of ether oxygens (including phenoxy) is 1. The van der Waals surface area contributed by atoms with E-state index in [-0.39, 0.29) is 5.91 Å². The predicted octanol–water partition coefficient (Wildman–Crippen LogP) is 2.57. The fourth-order valence-corrected chi connectivity index (χ4v) is 2.52. The first kappa shape index (κ1) is 11.2. The van der Waals surface area contributed by atoms with Crippen molar-refractivity contribution in [3.8, 4) is 5.75 Å². The number of para-hydroxylation sites is 2. The van der Waals surface area contributed by atoms with Gasteiger partial charge in [0.1, 0.15) is 11.4 Å². The molecule has 2 heterocycles. The van der Waals surface area contributed by atoms with E-state index in [1.807, 2.05) is 24.3 Å². The summed E-state index contributed by atoms with van der Waals surface area (Å²) in [7, 11) is 0. The van der Waals surface area contributed by atoms with E-state index in [0.29, 0.717) is 18.8 Å². The van der Waals surface area contributed by atoms with Gasteiger partial charge in [-0.25, -0.2) is 4.98 Å². The molecule has 0 radical (unpaired) electrons. The lowest BCUT2D eigenvalue weighted by molar-refractivity contribution is 0.0983. The average molecular weight is 260 g/mol. The largest absolute Gasteiger partial charge is 0.491 e. The maximum atomic E-state index is 12.4. The third-order valence-electron chi connectivity index (χ3n) is 2.84. The van der Waals surface area contributed by atoms with Crippen molar-refractivity contribution in [3.05, 3.63) is 40.8 Å². The smallest absolute Gasteiger partial charge is 0.277 e. The Bertz CT molecular complexity index is 554. The maximum absolute atomic E-state index is 12.4. The Labute approximate surface area is 109 Å². The minimum absolute atomic E-state index is 0.0609. The van der Waals surface area contributed by atoms with E-state index in [4.69, 9.17) is 4.74 Å². The molecule has 2 aromatic rings. The summed E-state index contributed by atoms with van der Waals surface area (Å²) < 4.78 is 5.63. The molecule has 0 N–H and O–H groups in total. The molecular weight excluding hydrogens is 248 g/mol. The van der Waals surface area contributed by atoms with Crippen LogP contribution in [0.4, 0.5) is 5.69 Å². The Morgan fingerprint density at radius 1 is 1.39 bits per heavy atom. The zero-order valence-electron chi connectivity index (χ0n) is 9.70. The summed E-state index contributed by atoms with van der Waals surface area (Å²) in [6, 6.07) is 7.62. The molecule has 1 aromatic heterocycles. The molecule has 3 rings (SSSR count). The van der Waals surface area contributed by atoms with Crippen LogP contribution in [0.1, 0.15) is 16.9 Å². The quantitative estimate of drug-likeness (QED) is 0.791. The molecule has 1 aliphatic heterocycles. The number of hydrogen-bond acceptors (Lipinski definition) is 4. The molecule has 1 aliphatic rings. The van der Waals surface area contributed by atoms with E-state index in [1.54, 1.807) is 15.8 Å². The van der Waals surface area contributed by atoms with Crippen LogP contribution in [0.25, 0.3) is 0 Å². The number of hydrogen-bond donors (Lipinski definition) is 0. The molecule has 0 atom stereocenters. The van der Waals surface area contributed by atoms with Gasteiger partial charge in [-0.05, 0) is 18.6 Å². The lowest BCUT2D eigenvalue weighted by Crippen LogP contribution is -2.31. The highest BCUT2D eigenvalue weighted by atomic mass is 32.1. The zero-order chi connectivity index (χ0) is 12.4. The second kappa shape index (κ2) is 4.78. The first-order valence-corrected chi connectivity index (χ1v) is 6.72.